The van der Waals surface area contributed by atoms with Crippen LogP contribution in [0, 0.1) is 23.2 Å². The number of aliphatic hydroxyl groups excluding tert-OH is 1. The fourth-order valence-electron chi connectivity index (χ4n) is 3.03. The number of amides is 2. The van der Waals surface area contributed by atoms with E-state index in [1.54, 1.807) is 0 Å². The molecule has 2 aliphatic rings. The van der Waals surface area contributed by atoms with Gasteiger partial charge in [0, 0.05) is 13.1 Å². The number of carbonyl (C=O) groups excluding carboxylic acids is 2. The third-order valence-corrected chi connectivity index (χ3v) is 4.65. The summed E-state index contributed by atoms with van der Waals surface area (Å²) < 4.78 is 0. The van der Waals surface area contributed by atoms with Gasteiger partial charge < -0.3 is 15.3 Å². The van der Waals surface area contributed by atoms with Crippen LogP contribution in [0.4, 0.5) is 0 Å². The van der Waals surface area contributed by atoms with Crippen molar-refractivity contribution in [2.45, 2.75) is 57.1 Å². The Morgan fingerprint density at radius 2 is 1.95 bits per heavy atom. The van der Waals surface area contributed by atoms with E-state index in [0.29, 0.717) is 31.3 Å². The van der Waals surface area contributed by atoms with Crippen molar-refractivity contribution < 1.29 is 14.7 Å². The Kier molecular flexibility index (Phi) is 6.20. The first-order valence-corrected chi connectivity index (χ1v) is 8.22. The van der Waals surface area contributed by atoms with E-state index in [1.807, 2.05) is 6.07 Å². The van der Waals surface area contributed by atoms with Gasteiger partial charge in [0.15, 0.2) is 12.1 Å². The third-order valence-electron chi connectivity index (χ3n) is 4.65. The highest BCUT2D eigenvalue weighted by atomic mass is 16.3. The molecule has 2 atom stereocenters. The Morgan fingerprint density at radius 3 is 2.50 bits per heavy atom. The first kappa shape index (κ1) is 16.8. The molecule has 0 bridgehead atoms. The van der Waals surface area contributed by atoms with Crippen LogP contribution in [0.2, 0.25) is 0 Å². The molecule has 6 heteroatoms. The first-order valence-electron chi connectivity index (χ1n) is 8.22. The summed E-state index contributed by atoms with van der Waals surface area (Å²) in [6, 6.07) is 0.782. The van der Waals surface area contributed by atoms with Crippen molar-refractivity contribution in [3.8, 4) is 6.07 Å². The zero-order chi connectivity index (χ0) is 15.9. The second-order valence-electron chi connectivity index (χ2n) is 6.51. The maximum Gasteiger partial charge on any atom is 0.252 e. The van der Waals surface area contributed by atoms with Crippen molar-refractivity contribution in [1.82, 2.24) is 10.2 Å². The average molecular weight is 307 g/mol. The zero-order valence-corrected chi connectivity index (χ0v) is 12.9. The van der Waals surface area contributed by atoms with Gasteiger partial charge in [0.25, 0.3) is 5.91 Å². The predicted molar refractivity (Wildman–Crippen MR) is 80.5 cm³/mol. The van der Waals surface area contributed by atoms with Crippen molar-refractivity contribution >= 4 is 12.3 Å². The van der Waals surface area contributed by atoms with Crippen LogP contribution in [0.15, 0.2) is 0 Å². The van der Waals surface area contributed by atoms with Crippen LogP contribution in [0.5, 0.6) is 0 Å². The van der Waals surface area contributed by atoms with E-state index in [0.717, 1.165) is 25.7 Å². The van der Waals surface area contributed by atoms with Crippen LogP contribution < -0.4 is 5.32 Å². The maximum atomic E-state index is 12.1. The van der Waals surface area contributed by atoms with E-state index in [4.69, 9.17) is 0 Å². The van der Waals surface area contributed by atoms with Gasteiger partial charge in [-0.05, 0) is 37.5 Å². The van der Waals surface area contributed by atoms with E-state index in [-0.39, 0.29) is 0 Å². The van der Waals surface area contributed by atoms with E-state index in [9.17, 15) is 20.0 Å². The molecule has 22 heavy (non-hydrogen) atoms. The number of carbonyl (C=O) groups is 2. The highest BCUT2D eigenvalue weighted by Gasteiger charge is 2.34. The van der Waals surface area contributed by atoms with Crippen molar-refractivity contribution in [2.24, 2.45) is 11.8 Å². The van der Waals surface area contributed by atoms with Crippen molar-refractivity contribution in [1.29, 1.82) is 5.26 Å². The van der Waals surface area contributed by atoms with E-state index < -0.39 is 18.1 Å². The van der Waals surface area contributed by atoms with Crippen molar-refractivity contribution in [3.63, 3.8) is 0 Å². The number of nitriles is 1. The minimum atomic E-state index is -1.49. The molecule has 6 nitrogen and oxygen atoms in total. The topological polar surface area (TPSA) is 93.4 Å². The summed E-state index contributed by atoms with van der Waals surface area (Å²) in [6.07, 6.45) is 6.95. The highest BCUT2D eigenvalue weighted by Crippen LogP contribution is 2.30. The molecule has 0 heterocycles. The summed E-state index contributed by atoms with van der Waals surface area (Å²) in [7, 11) is 0. The normalized spacial score (nSPS) is 21.5. The largest absolute Gasteiger partial charge is 0.380 e. The third kappa shape index (κ3) is 4.70. The van der Waals surface area contributed by atoms with Gasteiger partial charge in [0.05, 0.1) is 6.07 Å². The van der Waals surface area contributed by atoms with Gasteiger partial charge in [-0.25, -0.2) is 0 Å². The summed E-state index contributed by atoms with van der Waals surface area (Å²) in [4.78, 5) is 24.4. The summed E-state index contributed by atoms with van der Waals surface area (Å²) in [5.74, 6) is 0.303. The molecule has 2 N–H and O–H groups in total. The minimum Gasteiger partial charge on any atom is -0.380 e. The first-order chi connectivity index (χ1) is 10.7. The molecule has 2 unspecified atom stereocenters. The molecule has 0 aromatic rings. The molecule has 0 aliphatic heterocycles. The molecule has 0 radical (unpaired) electrons. The molecule has 2 rings (SSSR count). The number of hydrogen-bond acceptors (Lipinski definition) is 4. The summed E-state index contributed by atoms with van der Waals surface area (Å²) >= 11 is 0. The van der Waals surface area contributed by atoms with Crippen LogP contribution in [0.1, 0.15) is 44.9 Å². The zero-order valence-electron chi connectivity index (χ0n) is 12.9. The Labute approximate surface area is 131 Å². The second-order valence-corrected chi connectivity index (χ2v) is 6.51. The van der Waals surface area contributed by atoms with Gasteiger partial charge in [-0.2, -0.15) is 5.26 Å². The standard InChI is InChI=1S/C16H25N3O3/c17-8-14(19(11-20)10-13-6-7-13)15(21)16(22)18-9-12-4-2-1-3-5-12/h11-15,21H,1-7,9-10H2,(H,18,22). The fraction of sp³-hybridized carbons (Fsp3) is 0.812. The molecule has 0 aromatic heterocycles. The van der Waals surface area contributed by atoms with Gasteiger partial charge in [0.1, 0.15) is 0 Å². The van der Waals surface area contributed by atoms with Crippen LogP contribution in [-0.4, -0.2) is 47.6 Å². The molecule has 2 amide bonds. The number of nitrogens with zero attached hydrogens (tertiary/aromatic N) is 2. The Hall–Kier alpha value is -1.61. The molecule has 122 valence electrons. The second kappa shape index (κ2) is 8.14. The van der Waals surface area contributed by atoms with Gasteiger partial charge in [0.2, 0.25) is 6.41 Å². The lowest BCUT2D eigenvalue weighted by atomic mass is 9.89. The van der Waals surface area contributed by atoms with Crippen LogP contribution in [0.3, 0.4) is 0 Å². The molecule has 2 aliphatic carbocycles. The van der Waals surface area contributed by atoms with E-state index in [2.05, 4.69) is 5.32 Å². The molecule has 0 spiro atoms. The van der Waals surface area contributed by atoms with Gasteiger partial charge in [-0.1, -0.05) is 19.3 Å². The lowest BCUT2D eigenvalue weighted by Crippen LogP contribution is -2.51. The number of nitrogens with one attached hydrogen (secondary N) is 1. The summed E-state index contributed by atoms with van der Waals surface area (Å²) in [6.45, 7) is 0.979. The van der Waals surface area contributed by atoms with Gasteiger partial charge in [-0.3, -0.25) is 9.59 Å². The van der Waals surface area contributed by atoms with Crippen molar-refractivity contribution in [2.75, 3.05) is 13.1 Å². The number of hydrogen-bond donors (Lipinski definition) is 2. The lowest BCUT2D eigenvalue weighted by Gasteiger charge is -2.27. The quantitative estimate of drug-likeness (QED) is 0.649. The molecule has 2 saturated carbocycles. The smallest absolute Gasteiger partial charge is 0.252 e. The average Bonchev–Trinajstić information content (AvgIpc) is 3.37. The Morgan fingerprint density at radius 1 is 1.27 bits per heavy atom. The summed E-state index contributed by atoms with van der Waals surface area (Å²) in [5, 5.41) is 22.0. The highest BCUT2D eigenvalue weighted by molar-refractivity contribution is 5.82. The van der Waals surface area contributed by atoms with Crippen LogP contribution >= 0.6 is 0 Å². The van der Waals surface area contributed by atoms with Gasteiger partial charge >= 0.3 is 0 Å². The molecular weight excluding hydrogens is 282 g/mol. The van der Waals surface area contributed by atoms with Crippen LogP contribution in [0.25, 0.3) is 0 Å². The van der Waals surface area contributed by atoms with Crippen molar-refractivity contribution in [3.05, 3.63) is 0 Å². The number of aliphatic hydroxyl groups is 1. The Balaban J connectivity index is 1.83. The molecular formula is C16H25N3O3. The molecule has 0 aromatic carbocycles. The van der Waals surface area contributed by atoms with E-state index in [1.165, 1.54) is 24.2 Å². The maximum absolute atomic E-state index is 12.1. The SMILES string of the molecule is N#CC(C(O)C(=O)NCC1CCCCC1)N(C=O)CC1CC1. The minimum absolute atomic E-state index is 0.401. The summed E-state index contributed by atoms with van der Waals surface area (Å²) in [5.41, 5.74) is 0. The van der Waals surface area contributed by atoms with Crippen LogP contribution in [-0.2, 0) is 9.59 Å². The lowest BCUT2D eigenvalue weighted by molar-refractivity contribution is -0.134. The van der Waals surface area contributed by atoms with E-state index >= 15 is 0 Å². The monoisotopic (exact) mass is 307 g/mol. The molecule has 0 saturated heterocycles. The predicted octanol–water partition coefficient (Wildman–Crippen LogP) is 0.804. The fourth-order valence-corrected chi connectivity index (χ4v) is 3.03. The van der Waals surface area contributed by atoms with Gasteiger partial charge in [-0.15, -0.1) is 0 Å². The Bertz CT molecular complexity index is 425. The molecule has 2 fully saturated rings. The number of rotatable bonds is 8.